The van der Waals surface area contributed by atoms with Crippen LogP contribution in [0.1, 0.15) is 15.5 Å². The third-order valence-electron chi connectivity index (χ3n) is 2.11. The second-order valence-corrected chi connectivity index (χ2v) is 5.87. The van der Waals surface area contributed by atoms with Gasteiger partial charge < -0.3 is 5.11 Å². The summed E-state index contributed by atoms with van der Waals surface area (Å²) in [7, 11) is 0. The van der Waals surface area contributed by atoms with Crippen LogP contribution in [-0.2, 0) is 0 Å². The maximum Gasteiger partial charge on any atom is 0.356 e. The average Bonchev–Trinajstić information content (AvgIpc) is 2.60. The van der Waals surface area contributed by atoms with Gasteiger partial charge in [-0.05, 0) is 19.1 Å². The number of nitrogens with zero attached hydrogens (tertiary/aromatic N) is 1. The highest BCUT2D eigenvalue weighted by molar-refractivity contribution is 9.10. The minimum Gasteiger partial charge on any atom is -0.476 e. The summed E-state index contributed by atoms with van der Waals surface area (Å²) in [6, 6.07) is 5.34. The number of carboxylic acids is 1. The second-order valence-electron chi connectivity index (χ2n) is 3.34. The molecule has 0 aliphatic rings. The number of benzene rings is 1. The predicted octanol–water partition coefficient (Wildman–Crippen LogP) is 4.23. The molecule has 1 aromatic carbocycles. The molecule has 0 fully saturated rings. The molecule has 2 rings (SSSR count). The van der Waals surface area contributed by atoms with Crippen molar-refractivity contribution < 1.29 is 9.90 Å². The maximum absolute atomic E-state index is 11.1. The standard InChI is InChI=1S/C11H7BrClNO2S/c1-5-14-9(11(15)16)10(17-5)7-3-2-6(12)4-8(7)13/h2-4H,1H3,(H,15,16). The number of carbonyl (C=O) groups is 1. The van der Waals surface area contributed by atoms with Crippen molar-refractivity contribution in [1.29, 1.82) is 0 Å². The molecule has 1 heterocycles. The number of aryl methyl sites for hydroxylation is 1. The summed E-state index contributed by atoms with van der Waals surface area (Å²) in [6.07, 6.45) is 0. The van der Waals surface area contributed by atoms with Gasteiger partial charge in [0.15, 0.2) is 5.69 Å². The fourth-order valence-electron chi connectivity index (χ4n) is 1.43. The summed E-state index contributed by atoms with van der Waals surface area (Å²) in [6.45, 7) is 1.77. The van der Waals surface area contributed by atoms with E-state index in [9.17, 15) is 4.79 Å². The van der Waals surface area contributed by atoms with Crippen LogP contribution < -0.4 is 0 Å². The lowest BCUT2D eigenvalue weighted by Gasteiger charge is -2.02. The molecule has 0 saturated heterocycles. The molecular formula is C11H7BrClNO2S. The van der Waals surface area contributed by atoms with Gasteiger partial charge in [-0.25, -0.2) is 9.78 Å². The first-order valence-electron chi connectivity index (χ1n) is 4.65. The number of thiazole rings is 1. The molecule has 6 heteroatoms. The molecule has 88 valence electrons. The van der Waals surface area contributed by atoms with E-state index in [4.69, 9.17) is 16.7 Å². The van der Waals surface area contributed by atoms with E-state index in [0.29, 0.717) is 20.5 Å². The number of hydrogen-bond donors (Lipinski definition) is 1. The van der Waals surface area contributed by atoms with Crippen LogP contribution in [0.3, 0.4) is 0 Å². The Morgan fingerprint density at radius 2 is 2.24 bits per heavy atom. The minimum absolute atomic E-state index is 0.0525. The summed E-state index contributed by atoms with van der Waals surface area (Å²) >= 11 is 10.7. The third kappa shape index (κ3) is 2.51. The van der Waals surface area contributed by atoms with Crippen LogP contribution in [0.4, 0.5) is 0 Å². The molecule has 0 unspecified atom stereocenters. The Balaban J connectivity index is 2.63. The summed E-state index contributed by atoms with van der Waals surface area (Å²) in [5.41, 5.74) is 0.745. The van der Waals surface area contributed by atoms with Crippen molar-refractivity contribution in [3.63, 3.8) is 0 Å². The number of hydrogen-bond acceptors (Lipinski definition) is 3. The molecule has 0 spiro atoms. The minimum atomic E-state index is -1.04. The molecule has 0 atom stereocenters. The van der Waals surface area contributed by atoms with E-state index in [-0.39, 0.29) is 5.69 Å². The summed E-state index contributed by atoms with van der Waals surface area (Å²) in [5.74, 6) is -1.04. The average molecular weight is 333 g/mol. The molecular weight excluding hydrogens is 326 g/mol. The SMILES string of the molecule is Cc1nc(C(=O)O)c(-c2ccc(Br)cc2Cl)s1. The van der Waals surface area contributed by atoms with Crippen LogP contribution in [-0.4, -0.2) is 16.1 Å². The van der Waals surface area contributed by atoms with Crippen LogP contribution >= 0.6 is 38.9 Å². The fourth-order valence-corrected chi connectivity index (χ4v) is 3.20. The largest absolute Gasteiger partial charge is 0.476 e. The van der Waals surface area contributed by atoms with Gasteiger partial charge in [-0.1, -0.05) is 33.6 Å². The van der Waals surface area contributed by atoms with Crippen molar-refractivity contribution in [1.82, 2.24) is 4.98 Å². The van der Waals surface area contributed by atoms with Gasteiger partial charge in [-0.2, -0.15) is 0 Å². The summed E-state index contributed by atoms with van der Waals surface area (Å²) in [4.78, 5) is 15.7. The van der Waals surface area contributed by atoms with Crippen LogP contribution in [0.25, 0.3) is 10.4 Å². The van der Waals surface area contributed by atoms with E-state index in [1.165, 1.54) is 11.3 Å². The van der Waals surface area contributed by atoms with Gasteiger partial charge in [0.1, 0.15) is 0 Å². The molecule has 2 aromatic rings. The first-order chi connectivity index (χ1) is 7.99. The first-order valence-corrected chi connectivity index (χ1v) is 6.64. The van der Waals surface area contributed by atoms with Crippen molar-refractivity contribution in [2.45, 2.75) is 6.92 Å². The van der Waals surface area contributed by atoms with Crippen LogP contribution in [0.15, 0.2) is 22.7 Å². The molecule has 1 aromatic heterocycles. The Hall–Kier alpha value is -0.910. The Kier molecular flexibility index (Phi) is 3.51. The number of halogens is 2. The normalized spacial score (nSPS) is 10.5. The van der Waals surface area contributed by atoms with E-state index >= 15 is 0 Å². The number of rotatable bonds is 2. The van der Waals surface area contributed by atoms with Crippen LogP contribution in [0.2, 0.25) is 5.02 Å². The van der Waals surface area contributed by atoms with Crippen molar-refractivity contribution in [3.05, 3.63) is 38.4 Å². The smallest absolute Gasteiger partial charge is 0.356 e. The van der Waals surface area contributed by atoms with Crippen LogP contribution in [0.5, 0.6) is 0 Å². The fraction of sp³-hybridized carbons (Fsp3) is 0.0909. The Morgan fingerprint density at radius 3 is 2.82 bits per heavy atom. The Bertz CT molecular complexity index is 597. The van der Waals surface area contributed by atoms with Gasteiger partial charge in [0.05, 0.1) is 14.9 Å². The van der Waals surface area contributed by atoms with E-state index < -0.39 is 5.97 Å². The highest BCUT2D eigenvalue weighted by Gasteiger charge is 2.19. The van der Waals surface area contributed by atoms with E-state index in [0.717, 1.165) is 4.47 Å². The van der Waals surface area contributed by atoms with Crippen molar-refractivity contribution in [3.8, 4) is 10.4 Å². The third-order valence-corrected chi connectivity index (χ3v) is 3.92. The Labute approximate surface area is 115 Å². The van der Waals surface area contributed by atoms with E-state index in [1.54, 1.807) is 19.1 Å². The number of aromatic nitrogens is 1. The molecule has 0 saturated carbocycles. The highest BCUT2D eigenvalue weighted by Crippen LogP contribution is 2.36. The zero-order valence-corrected chi connectivity index (χ0v) is 11.9. The molecule has 0 bridgehead atoms. The van der Waals surface area contributed by atoms with Crippen molar-refractivity contribution in [2.24, 2.45) is 0 Å². The van der Waals surface area contributed by atoms with Crippen molar-refractivity contribution in [2.75, 3.05) is 0 Å². The summed E-state index contributed by atoms with van der Waals surface area (Å²) < 4.78 is 0.851. The van der Waals surface area contributed by atoms with Gasteiger partial charge in [-0.15, -0.1) is 11.3 Å². The van der Waals surface area contributed by atoms with Gasteiger partial charge in [-0.3, -0.25) is 0 Å². The molecule has 3 nitrogen and oxygen atoms in total. The van der Waals surface area contributed by atoms with Crippen molar-refractivity contribution >= 4 is 44.8 Å². The van der Waals surface area contributed by atoms with E-state index in [2.05, 4.69) is 20.9 Å². The topological polar surface area (TPSA) is 50.2 Å². The number of aromatic carboxylic acids is 1. The van der Waals surface area contributed by atoms with Gasteiger partial charge in [0, 0.05) is 10.0 Å². The molecule has 0 radical (unpaired) electrons. The first kappa shape index (κ1) is 12.5. The maximum atomic E-state index is 11.1. The van der Waals surface area contributed by atoms with Gasteiger partial charge in [0.2, 0.25) is 0 Å². The highest BCUT2D eigenvalue weighted by atomic mass is 79.9. The number of carboxylic acid groups (broad SMARTS) is 1. The molecule has 0 amide bonds. The van der Waals surface area contributed by atoms with Gasteiger partial charge in [0.25, 0.3) is 0 Å². The molecule has 1 N–H and O–H groups in total. The lowest BCUT2D eigenvalue weighted by atomic mass is 10.1. The molecule has 0 aliphatic carbocycles. The lowest BCUT2D eigenvalue weighted by molar-refractivity contribution is 0.0692. The second kappa shape index (κ2) is 4.76. The monoisotopic (exact) mass is 331 g/mol. The van der Waals surface area contributed by atoms with E-state index in [1.807, 2.05) is 6.07 Å². The van der Waals surface area contributed by atoms with Crippen LogP contribution in [0, 0.1) is 6.92 Å². The summed E-state index contributed by atoms with van der Waals surface area (Å²) in [5, 5.41) is 10.3. The molecule has 0 aliphatic heterocycles. The van der Waals surface area contributed by atoms with Gasteiger partial charge >= 0.3 is 5.97 Å². The predicted molar refractivity (Wildman–Crippen MR) is 72.0 cm³/mol. The zero-order chi connectivity index (χ0) is 12.6. The lowest BCUT2D eigenvalue weighted by Crippen LogP contribution is -1.98. The molecule has 17 heavy (non-hydrogen) atoms. The zero-order valence-electron chi connectivity index (χ0n) is 8.70. The quantitative estimate of drug-likeness (QED) is 0.895. The Morgan fingerprint density at radius 1 is 1.53 bits per heavy atom.